The summed E-state index contributed by atoms with van der Waals surface area (Å²) < 4.78 is 0. The molecule has 8 nitrogen and oxygen atoms in total. The zero-order chi connectivity index (χ0) is 26.9. The summed E-state index contributed by atoms with van der Waals surface area (Å²) in [6, 6.07) is 15.5. The van der Waals surface area contributed by atoms with Gasteiger partial charge in [-0.2, -0.15) is 0 Å². The van der Waals surface area contributed by atoms with Crippen molar-refractivity contribution in [1.82, 2.24) is 5.32 Å². The van der Waals surface area contributed by atoms with Gasteiger partial charge in [0.1, 0.15) is 5.54 Å². The van der Waals surface area contributed by atoms with Gasteiger partial charge in [-0.15, -0.1) is 6.58 Å². The van der Waals surface area contributed by atoms with Crippen LogP contribution in [0.25, 0.3) is 0 Å². The predicted molar refractivity (Wildman–Crippen MR) is 149 cm³/mol. The Morgan fingerprint density at radius 2 is 1.82 bits per heavy atom. The van der Waals surface area contributed by atoms with E-state index in [0.717, 1.165) is 18.8 Å². The van der Waals surface area contributed by atoms with Gasteiger partial charge in [-0.3, -0.25) is 14.5 Å². The molecule has 3 N–H and O–H groups in total. The highest BCUT2D eigenvalue weighted by Crippen LogP contribution is 2.48. The van der Waals surface area contributed by atoms with Crippen molar-refractivity contribution in [2.24, 2.45) is 5.92 Å². The number of fused-ring (bicyclic) bond motifs is 1. The van der Waals surface area contributed by atoms with Gasteiger partial charge >= 0.3 is 0 Å². The molecule has 0 unspecified atom stereocenters. The average molecular weight is 517 g/mol. The molecule has 2 atom stereocenters. The van der Waals surface area contributed by atoms with Crippen LogP contribution in [0.15, 0.2) is 73.3 Å². The average Bonchev–Trinajstić information content (AvgIpc) is 3.34. The third kappa shape index (κ3) is 4.04. The zero-order valence-electron chi connectivity index (χ0n) is 21.8. The van der Waals surface area contributed by atoms with E-state index < -0.39 is 23.0 Å². The second kappa shape index (κ2) is 10.4. The Morgan fingerprint density at radius 1 is 1.08 bits per heavy atom. The monoisotopic (exact) mass is 516 g/mol. The van der Waals surface area contributed by atoms with Crippen LogP contribution in [0.4, 0.5) is 17.1 Å². The lowest BCUT2D eigenvalue weighted by molar-refractivity contribution is -0.139. The van der Waals surface area contributed by atoms with Crippen LogP contribution < -0.4 is 20.0 Å². The number of hydrogen-bond acceptors (Lipinski definition) is 6. The number of rotatable bonds is 8. The van der Waals surface area contributed by atoms with E-state index in [-0.39, 0.29) is 19.1 Å². The number of nitrogens with one attached hydrogen (secondary N) is 1. The number of piperidine rings is 1. The molecule has 5 rings (SSSR count). The highest BCUT2D eigenvalue weighted by atomic mass is 16.3. The maximum Gasteiger partial charge on any atom is 0.264 e. The van der Waals surface area contributed by atoms with Gasteiger partial charge in [0.2, 0.25) is 0 Å². The summed E-state index contributed by atoms with van der Waals surface area (Å²) in [6.45, 7) is 7.73. The number of anilines is 3. The summed E-state index contributed by atoms with van der Waals surface area (Å²) in [6.07, 6.45) is 7.01. The number of benzene rings is 2. The van der Waals surface area contributed by atoms with Gasteiger partial charge in [-0.25, -0.2) is 0 Å². The lowest BCUT2D eigenvalue weighted by atomic mass is 9.82. The third-order valence-electron chi connectivity index (χ3n) is 8.20. The molecule has 200 valence electrons. The first-order valence-corrected chi connectivity index (χ1v) is 13.3. The van der Waals surface area contributed by atoms with Crippen molar-refractivity contribution in [1.29, 1.82) is 0 Å². The topological polar surface area (TPSA) is 96.3 Å². The predicted octanol–water partition coefficient (Wildman–Crippen LogP) is 2.91. The number of nitrogens with zero attached hydrogens (tertiary/aromatic N) is 3. The highest BCUT2D eigenvalue weighted by molar-refractivity contribution is 6.10. The summed E-state index contributed by atoms with van der Waals surface area (Å²) in [5.74, 6) is -0.926. The van der Waals surface area contributed by atoms with E-state index in [1.54, 1.807) is 41.0 Å². The zero-order valence-corrected chi connectivity index (χ0v) is 21.8. The van der Waals surface area contributed by atoms with E-state index in [4.69, 9.17) is 0 Å². The Kier molecular flexibility index (Phi) is 7.13. The molecule has 2 amide bonds. The number of amides is 2. The minimum atomic E-state index is -1.80. The molecular weight excluding hydrogens is 480 g/mol. The Morgan fingerprint density at radius 3 is 2.50 bits per heavy atom. The first-order valence-electron chi connectivity index (χ1n) is 13.3. The Balaban J connectivity index is 1.57. The molecular formula is C30H36N4O4. The molecule has 3 aliphatic rings. The maximum absolute atomic E-state index is 14.1. The van der Waals surface area contributed by atoms with Gasteiger partial charge < -0.3 is 25.3 Å². The number of aliphatic hydroxyl groups excluding tert-OH is 1. The minimum Gasteiger partial charge on any atom is -0.396 e. The van der Waals surface area contributed by atoms with Crippen molar-refractivity contribution in [3.05, 3.63) is 78.9 Å². The summed E-state index contributed by atoms with van der Waals surface area (Å²) in [4.78, 5) is 33.2. The van der Waals surface area contributed by atoms with E-state index in [0.29, 0.717) is 42.9 Å². The molecule has 2 aromatic rings. The normalized spacial score (nSPS) is 23.5. The number of carbonyl (C=O) groups excluding carboxylic acids is 2. The van der Waals surface area contributed by atoms with Crippen LogP contribution in [0.1, 0.15) is 31.7 Å². The standard InChI is InChI=1S/C30H36N4O4/c1-3-18-32-26-13-12-24(20-25(26)30(38,28(32)37)22(2)9-7-8-19-35)33-21-34(23-10-5-4-6-11-23)29(27(33)36)14-16-31-17-15-29/h3-7,9-13,20,22,31,35,38H,1,8,14-19,21H2,2H3/b9-7+/t22-,30+/m1/s1. The summed E-state index contributed by atoms with van der Waals surface area (Å²) >= 11 is 0. The lowest BCUT2D eigenvalue weighted by Crippen LogP contribution is -2.55. The van der Waals surface area contributed by atoms with Crippen molar-refractivity contribution in [3.63, 3.8) is 0 Å². The quantitative estimate of drug-likeness (QED) is 0.467. The number of aliphatic hydroxyl groups is 2. The molecule has 38 heavy (non-hydrogen) atoms. The molecule has 0 aliphatic carbocycles. The molecule has 8 heteroatoms. The van der Waals surface area contributed by atoms with E-state index in [9.17, 15) is 19.8 Å². The summed E-state index contributed by atoms with van der Waals surface area (Å²) in [5, 5.41) is 24.5. The second-order valence-electron chi connectivity index (χ2n) is 10.3. The molecule has 2 fully saturated rings. The molecule has 0 radical (unpaired) electrons. The first kappa shape index (κ1) is 26.2. The van der Waals surface area contributed by atoms with Crippen LogP contribution in [-0.2, 0) is 15.2 Å². The highest BCUT2D eigenvalue weighted by Gasteiger charge is 2.55. The van der Waals surface area contributed by atoms with Gasteiger partial charge in [-0.1, -0.05) is 43.4 Å². The molecule has 2 saturated heterocycles. The molecule has 2 aromatic carbocycles. The van der Waals surface area contributed by atoms with Crippen LogP contribution in [0.3, 0.4) is 0 Å². The lowest BCUT2D eigenvalue weighted by Gasteiger charge is -2.39. The maximum atomic E-state index is 14.1. The Labute approximate surface area is 223 Å². The fourth-order valence-corrected chi connectivity index (χ4v) is 6.09. The molecule has 0 aromatic heterocycles. The van der Waals surface area contributed by atoms with Crippen LogP contribution in [-0.4, -0.2) is 60.5 Å². The Hall–Kier alpha value is -3.46. The second-order valence-corrected chi connectivity index (χ2v) is 10.3. The fraction of sp³-hybridized carbons (Fsp3) is 0.400. The molecule has 0 saturated carbocycles. The van der Waals surface area contributed by atoms with E-state index in [2.05, 4.69) is 16.8 Å². The van der Waals surface area contributed by atoms with Gasteiger partial charge in [-0.05, 0) is 62.7 Å². The van der Waals surface area contributed by atoms with Crippen molar-refractivity contribution in [2.45, 2.75) is 37.3 Å². The van der Waals surface area contributed by atoms with Crippen molar-refractivity contribution >= 4 is 28.9 Å². The largest absolute Gasteiger partial charge is 0.396 e. The summed E-state index contributed by atoms with van der Waals surface area (Å²) in [7, 11) is 0. The molecule has 3 heterocycles. The van der Waals surface area contributed by atoms with Crippen LogP contribution in [0.2, 0.25) is 0 Å². The van der Waals surface area contributed by atoms with Crippen LogP contribution in [0.5, 0.6) is 0 Å². The number of carbonyl (C=O) groups is 2. The van der Waals surface area contributed by atoms with Gasteiger partial charge in [0.25, 0.3) is 11.8 Å². The van der Waals surface area contributed by atoms with E-state index >= 15 is 0 Å². The van der Waals surface area contributed by atoms with Gasteiger partial charge in [0.05, 0.1) is 12.4 Å². The van der Waals surface area contributed by atoms with Crippen molar-refractivity contribution in [3.8, 4) is 0 Å². The van der Waals surface area contributed by atoms with Crippen LogP contribution >= 0.6 is 0 Å². The van der Waals surface area contributed by atoms with E-state index in [1.807, 2.05) is 42.5 Å². The minimum absolute atomic E-state index is 0.00875. The van der Waals surface area contributed by atoms with Crippen molar-refractivity contribution in [2.75, 3.05) is 47.6 Å². The first-order chi connectivity index (χ1) is 18.4. The number of para-hydroxylation sites is 1. The fourth-order valence-electron chi connectivity index (χ4n) is 6.09. The van der Waals surface area contributed by atoms with Gasteiger partial charge in [0, 0.05) is 36.0 Å². The van der Waals surface area contributed by atoms with Crippen LogP contribution in [0, 0.1) is 5.92 Å². The SMILES string of the molecule is C=CCN1C(=O)[C@](O)([C@H](C)/C=C/CCO)c2cc(N3CN(c4ccccc4)C4(CCNCC4)C3=O)ccc21. The molecule has 1 spiro atoms. The van der Waals surface area contributed by atoms with Crippen molar-refractivity contribution < 1.29 is 19.8 Å². The smallest absolute Gasteiger partial charge is 0.264 e. The summed E-state index contributed by atoms with van der Waals surface area (Å²) in [5.41, 5.74) is 0.308. The molecule has 3 aliphatic heterocycles. The number of hydrogen-bond donors (Lipinski definition) is 3. The van der Waals surface area contributed by atoms with Gasteiger partial charge in [0.15, 0.2) is 5.60 Å². The third-order valence-corrected chi connectivity index (χ3v) is 8.20. The van der Waals surface area contributed by atoms with E-state index in [1.165, 1.54) is 0 Å². The molecule has 0 bridgehead atoms. The Bertz CT molecular complexity index is 1240.